The van der Waals surface area contributed by atoms with E-state index < -0.39 is 0 Å². The SMILES string of the molecule is CN1C(Sc2ccc(NC(=O)c3cc(Cl)ccc3Cl)cc2)NNC1C1CCCCCCCC1. The first-order chi connectivity index (χ1) is 16.0. The summed E-state index contributed by atoms with van der Waals surface area (Å²) in [6.45, 7) is 0. The van der Waals surface area contributed by atoms with Gasteiger partial charge in [0.15, 0.2) is 0 Å². The highest BCUT2D eigenvalue weighted by Gasteiger charge is 2.35. The highest BCUT2D eigenvalue weighted by molar-refractivity contribution is 7.99. The van der Waals surface area contributed by atoms with Crippen molar-refractivity contribution in [3.8, 4) is 0 Å². The number of hydrazine groups is 1. The molecule has 1 aliphatic heterocycles. The Balaban J connectivity index is 1.33. The number of thioether (sulfide) groups is 1. The van der Waals surface area contributed by atoms with Crippen LogP contribution in [0.2, 0.25) is 10.0 Å². The van der Waals surface area contributed by atoms with Crippen LogP contribution < -0.4 is 16.2 Å². The van der Waals surface area contributed by atoms with Crippen molar-refractivity contribution in [2.24, 2.45) is 5.92 Å². The fourth-order valence-corrected chi connectivity index (χ4v) is 6.02. The third-order valence-corrected chi connectivity index (χ3v) is 8.33. The van der Waals surface area contributed by atoms with E-state index in [0.717, 1.165) is 10.6 Å². The van der Waals surface area contributed by atoms with E-state index in [1.54, 1.807) is 30.0 Å². The molecule has 0 radical (unpaired) electrons. The fraction of sp³-hybridized carbons (Fsp3) is 0.480. The second-order valence-corrected chi connectivity index (χ2v) is 10.9. The van der Waals surface area contributed by atoms with Gasteiger partial charge in [-0.05, 0) is 68.3 Å². The van der Waals surface area contributed by atoms with Crippen LogP contribution in [0.25, 0.3) is 0 Å². The van der Waals surface area contributed by atoms with Crippen LogP contribution in [0.3, 0.4) is 0 Å². The summed E-state index contributed by atoms with van der Waals surface area (Å²) in [6, 6.07) is 12.8. The Morgan fingerprint density at radius 3 is 2.33 bits per heavy atom. The van der Waals surface area contributed by atoms with Gasteiger partial charge in [-0.25, -0.2) is 10.9 Å². The second-order valence-electron chi connectivity index (χ2n) is 8.93. The van der Waals surface area contributed by atoms with Crippen LogP contribution in [-0.2, 0) is 0 Å². The maximum atomic E-state index is 12.6. The van der Waals surface area contributed by atoms with E-state index in [-0.39, 0.29) is 11.4 Å². The number of carbonyl (C=O) groups excluding carboxylic acids is 1. The van der Waals surface area contributed by atoms with Gasteiger partial charge in [-0.1, -0.05) is 73.5 Å². The predicted molar refractivity (Wildman–Crippen MR) is 139 cm³/mol. The van der Waals surface area contributed by atoms with Crippen LogP contribution in [0.15, 0.2) is 47.4 Å². The van der Waals surface area contributed by atoms with Gasteiger partial charge in [0.05, 0.1) is 16.8 Å². The molecule has 1 amide bonds. The van der Waals surface area contributed by atoms with Crippen LogP contribution in [0.4, 0.5) is 5.69 Å². The van der Waals surface area contributed by atoms with Gasteiger partial charge >= 0.3 is 0 Å². The average Bonchev–Trinajstić information content (AvgIpc) is 3.22. The molecule has 1 saturated carbocycles. The molecule has 1 aliphatic carbocycles. The predicted octanol–water partition coefficient (Wildman–Crippen LogP) is 6.74. The summed E-state index contributed by atoms with van der Waals surface area (Å²) < 4.78 is 0. The molecular weight excluding hydrogens is 475 g/mol. The van der Waals surface area contributed by atoms with E-state index in [4.69, 9.17) is 23.2 Å². The van der Waals surface area contributed by atoms with Crippen LogP contribution >= 0.6 is 35.0 Å². The molecule has 5 nitrogen and oxygen atoms in total. The number of rotatable bonds is 5. The maximum absolute atomic E-state index is 12.6. The molecule has 2 aromatic carbocycles. The van der Waals surface area contributed by atoms with Crippen molar-refractivity contribution in [1.29, 1.82) is 0 Å². The molecule has 3 N–H and O–H groups in total. The van der Waals surface area contributed by atoms with Gasteiger partial charge < -0.3 is 5.32 Å². The monoisotopic (exact) mass is 506 g/mol. The van der Waals surface area contributed by atoms with E-state index in [9.17, 15) is 4.79 Å². The number of anilines is 1. The lowest BCUT2D eigenvalue weighted by atomic mass is 9.93. The lowest BCUT2D eigenvalue weighted by molar-refractivity contribution is 0.102. The van der Waals surface area contributed by atoms with Crippen molar-refractivity contribution in [2.45, 2.75) is 67.9 Å². The smallest absolute Gasteiger partial charge is 0.257 e. The molecule has 2 unspecified atom stereocenters. The average molecular weight is 508 g/mol. The topological polar surface area (TPSA) is 56.4 Å². The molecule has 0 spiro atoms. The molecule has 33 heavy (non-hydrogen) atoms. The highest BCUT2D eigenvalue weighted by Crippen LogP contribution is 2.33. The molecule has 4 rings (SSSR count). The van der Waals surface area contributed by atoms with Crippen molar-refractivity contribution in [2.75, 3.05) is 12.4 Å². The first kappa shape index (κ1) is 24.8. The molecular formula is C25H32Cl2N4OS. The number of nitrogens with zero attached hydrogens (tertiary/aromatic N) is 1. The number of amides is 1. The van der Waals surface area contributed by atoms with Crippen LogP contribution in [-0.4, -0.2) is 29.5 Å². The second kappa shape index (κ2) is 11.9. The summed E-state index contributed by atoms with van der Waals surface area (Å²) in [5.41, 5.74) is 8.27. The molecule has 8 heteroatoms. The minimum Gasteiger partial charge on any atom is -0.322 e. The number of nitrogens with one attached hydrogen (secondary N) is 3. The molecule has 0 bridgehead atoms. The Bertz CT molecular complexity index is 933. The Hall–Kier alpha value is -1.28. The van der Waals surface area contributed by atoms with Crippen LogP contribution in [0.1, 0.15) is 61.7 Å². The lowest BCUT2D eigenvalue weighted by Gasteiger charge is -2.30. The number of benzene rings is 2. The van der Waals surface area contributed by atoms with Crippen molar-refractivity contribution in [3.05, 3.63) is 58.1 Å². The zero-order valence-corrected chi connectivity index (χ0v) is 21.3. The Labute approximate surface area is 210 Å². The normalized spacial score (nSPS) is 23.0. The summed E-state index contributed by atoms with van der Waals surface area (Å²) in [4.78, 5) is 16.1. The van der Waals surface area contributed by atoms with Crippen molar-refractivity contribution < 1.29 is 4.79 Å². The minimum atomic E-state index is -0.276. The van der Waals surface area contributed by atoms with E-state index in [0.29, 0.717) is 27.7 Å². The highest BCUT2D eigenvalue weighted by atomic mass is 35.5. The quantitative estimate of drug-likeness (QED) is 0.419. The van der Waals surface area contributed by atoms with Gasteiger partial charge in [0.1, 0.15) is 5.50 Å². The largest absolute Gasteiger partial charge is 0.322 e. The van der Waals surface area contributed by atoms with Gasteiger partial charge in [-0.2, -0.15) is 0 Å². The molecule has 1 saturated heterocycles. The third kappa shape index (κ3) is 6.65. The number of halogens is 2. The fourth-order valence-electron chi connectivity index (χ4n) is 4.67. The standard InChI is InChI=1S/C25H32Cl2N4OS/c1-31-23(17-8-6-4-2-3-5-7-9-17)29-30-25(31)33-20-13-11-19(12-14-20)28-24(32)21-16-18(26)10-15-22(21)27/h10-17,23,25,29-30H,2-9H2,1H3,(H,28,32). The number of hydrogen-bond donors (Lipinski definition) is 3. The summed E-state index contributed by atoms with van der Waals surface area (Å²) in [5.74, 6) is 0.407. The molecule has 2 aliphatic rings. The Morgan fingerprint density at radius 2 is 1.64 bits per heavy atom. The summed E-state index contributed by atoms with van der Waals surface area (Å²) in [5, 5.41) is 3.75. The zero-order valence-electron chi connectivity index (χ0n) is 18.9. The van der Waals surface area contributed by atoms with E-state index in [1.165, 1.54) is 51.4 Å². The number of hydrogen-bond acceptors (Lipinski definition) is 5. The Morgan fingerprint density at radius 1 is 0.970 bits per heavy atom. The summed E-state index contributed by atoms with van der Waals surface area (Å²) in [6.07, 6.45) is 11.1. The molecule has 1 heterocycles. The first-order valence-electron chi connectivity index (χ1n) is 11.8. The van der Waals surface area contributed by atoms with Crippen LogP contribution in [0.5, 0.6) is 0 Å². The van der Waals surface area contributed by atoms with Crippen molar-refractivity contribution >= 4 is 46.6 Å². The van der Waals surface area contributed by atoms with E-state index >= 15 is 0 Å². The maximum Gasteiger partial charge on any atom is 0.257 e. The van der Waals surface area contributed by atoms with Crippen molar-refractivity contribution in [3.63, 3.8) is 0 Å². The van der Waals surface area contributed by atoms with Gasteiger partial charge in [0.25, 0.3) is 5.91 Å². The van der Waals surface area contributed by atoms with Crippen molar-refractivity contribution in [1.82, 2.24) is 15.8 Å². The number of carbonyl (C=O) groups is 1. The Kier molecular flexibility index (Phi) is 8.97. The van der Waals surface area contributed by atoms with Gasteiger partial charge in [-0.15, -0.1) is 0 Å². The molecule has 2 atom stereocenters. The van der Waals surface area contributed by atoms with E-state index in [2.05, 4.69) is 28.1 Å². The molecule has 2 fully saturated rings. The lowest BCUT2D eigenvalue weighted by Crippen LogP contribution is -2.41. The summed E-state index contributed by atoms with van der Waals surface area (Å²) in [7, 11) is 2.20. The zero-order chi connectivity index (χ0) is 23.2. The van der Waals surface area contributed by atoms with Crippen LogP contribution in [0, 0.1) is 5.92 Å². The van der Waals surface area contributed by atoms with E-state index in [1.807, 2.05) is 24.3 Å². The van der Waals surface area contributed by atoms with Gasteiger partial charge in [0.2, 0.25) is 0 Å². The minimum absolute atomic E-state index is 0.160. The summed E-state index contributed by atoms with van der Waals surface area (Å²) >= 11 is 13.9. The first-order valence-corrected chi connectivity index (χ1v) is 13.4. The third-order valence-electron chi connectivity index (χ3n) is 6.54. The molecule has 0 aromatic heterocycles. The van der Waals surface area contributed by atoms with Gasteiger partial charge in [-0.3, -0.25) is 9.69 Å². The van der Waals surface area contributed by atoms with Gasteiger partial charge in [0, 0.05) is 15.6 Å². The molecule has 178 valence electrons. The molecule has 2 aromatic rings.